The van der Waals surface area contributed by atoms with Gasteiger partial charge in [-0.1, -0.05) is 24.3 Å². The van der Waals surface area contributed by atoms with Crippen molar-refractivity contribution in [3.8, 4) is 11.3 Å². The normalized spacial score (nSPS) is 10.8. The molecule has 0 saturated heterocycles. The Kier molecular flexibility index (Phi) is 6.01. The molecule has 2 aromatic carbocycles. The molecular formula is C22H23FN2O2. The van der Waals surface area contributed by atoms with Gasteiger partial charge in [-0.05, 0) is 49.2 Å². The van der Waals surface area contributed by atoms with Crippen LogP contribution in [-0.4, -0.2) is 22.3 Å². The van der Waals surface area contributed by atoms with E-state index in [4.69, 9.17) is 4.42 Å². The highest BCUT2D eigenvalue weighted by Gasteiger charge is 2.15. The van der Waals surface area contributed by atoms with Crippen LogP contribution in [0.1, 0.15) is 30.4 Å². The van der Waals surface area contributed by atoms with Gasteiger partial charge in [0.1, 0.15) is 5.82 Å². The molecule has 0 unspecified atom stereocenters. The highest BCUT2D eigenvalue weighted by molar-refractivity contribution is 5.76. The Morgan fingerprint density at radius 1 is 1.15 bits per heavy atom. The maximum Gasteiger partial charge on any atom is 0.223 e. The third kappa shape index (κ3) is 4.82. The number of benzene rings is 2. The van der Waals surface area contributed by atoms with Gasteiger partial charge < -0.3 is 9.32 Å². The molecule has 0 aliphatic carbocycles. The summed E-state index contributed by atoms with van der Waals surface area (Å²) in [5.74, 6) is 0.860. The molecule has 3 rings (SSSR count). The Morgan fingerprint density at radius 2 is 1.89 bits per heavy atom. The lowest BCUT2D eigenvalue weighted by molar-refractivity contribution is -0.131. The van der Waals surface area contributed by atoms with Crippen LogP contribution >= 0.6 is 0 Å². The molecule has 4 nitrogen and oxygen atoms in total. The van der Waals surface area contributed by atoms with Crippen molar-refractivity contribution in [1.29, 1.82) is 0 Å². The van der Waals surface area contributed by atoms with Crippen LogP contribution in [0.25, 0.3) is 11.3 Å². The lowest BCUT2D eigenvalue weighted by Gasteiger charge is -2.21. The smallest absolute Gasteiger partial charge is 0.223 e. The van der Waals surface area contributed by atoms with E-state index in [1.54, 1.807) is 18.3 Å². The number of hydrogen-bond acceptors (Lipinski definition) is 3. The third-order valence-corrected chi connectivity index (χ3v) is 4.59. The van der Waals surface area contributed by atoms with E-state index in [2.05, 4.69) is 18.0 Å². The fraction of sp³-hybridized carbons (Fsp3) is 0.273. The molecule has 27 heavy (non-hydrogen) atoms. The van der Waals surface area contributed by atoms with Crippen LogP contribution in [0, 0.1) is 12.7 Å². The molecule has 0 bridgehead atoms. The second kappa shape index (κ2) is 8.62. The second-order valence-electron chi connectivity index (χ2n) is 6.46. The first-order chi connectivity index (χ1) is 13.1. The number of halogens is 1. The minimum Gasteiger partial charge on any atom is -0.441 e. The van der Waals surface area contributed by atoms with Gasteiger partial charge in [0.05, 0.1) is 6.20 Å². The molecule has 0 radical (unpaired) electrons. The van der Waals surface area contributed by atoms with E-state index in [0.29, 0.717) is 37.6 Å². The summed E-state index contributed by atoms with van der Waals surface area (Å²) in [7, 11) is 0. The zero-order valence-corrected chi connectivity index (χ0v) is 15.6. The molecule has 3 aromatic rings. The van der Waals surface area contributed by atoms with Crippen LogP contribution in [0.15, 0.2) is 59.1 Å². The van der Waals surface area contributed by atoms with Crippen molar-refractivity contribution in [1.82, 2.24) is 9.88 Å². The van der Waals surface area contributed by atoms with E-state index in [9.17, 15) is 9.18 Å². The van der Waals surface area contributed by atoms with Crippen molar-refractivity contribution in [2.75, 3.05) is 6.54 Å². The number of aromatic nitrogens is 1. The Bertz CT molecular complexity index is 903. The quantitative estimate of drug-likeness (QED) is 0.605. The summed E-state index contributed by atoms with van der Waals surface area (Å²) in [6.45, 7) is 5.29. The first-order valence-electron chi connectivity index (χ1n) is 9.09. The van der Waals surface area contributed by atoms with Crippen molar-refractivity contribution >= 4 is 5.91 Å². The minimum atomic E-state index is -0.294. The zero-order valence-electron chi connectivity index (χ0n) is 15.6. The van der Waals surface area contributed by atoms with Gasteiger partial charge in [0, 0.05) is 31.5 Å². The predicted molar refractivity (Wildman–Crippen MR) is 102 cm³/mol. The molecule has 0 atom stereocenters. The summed E-state index contributed by atoms with van der Waals surface area (Å²) in [5.41, 5.74) is 3.10. The number of rotatable bonds is 7. The maximum atomic E-state index is 13.0. The van der Waals surface area contributed by atoms with E-state index < -0.39 is 0 Å². The standard InChI is InChI=1S/C22H23FN2O2/c1-3-25(15-18-7-5-4-6-16(18)2)22(26)13-12-21-24-14-20(27-21)17-8-10-19(23)11-9-17/h4-11,14H,3,12-13,15H2,1-2H3. The van der Waals surface area contributed by atoms with Crippen molar-refractivity contribution in [2.45, 2.75) is 33.2 Å². The Balaban J connectivity index is 1.59. The number of oxazole rings is 1. The van der Waals surface area contributed by atoms with Crippen LogP contribution in [0.5, 0.6) is 0 Å². The fourth-order valence-corrected chi connectivity index (χ4v) is 2.91. The number of hydrogen-bond donors (Lipinski definition) is 0. The molecular weight excluding hydrogens is 343 g/mol. The molecule has 0 N–H and O–H groups in total. The largest absolute Gasteiger partial charge is 0.441 e. The molecule has 0 fully saturated rings. The summed E-state index contributed by atoms with van der Waals surface area (Å²) in [5, 5.41) is 0. The lowest BCUT2D eigenvalue weighted by atomic mass is 10.1. The Labute approximate surface area is 158 Å². The van der Waals surface area contributed by atoms with Gasteiger partial charge in [0.15, 0.2) is 11.7 Å². The maximum absolute atomic E-state index is 13.0. The third-order valence-electron chi connectivity index (χ3n) is 4.59. The number of amides is 1. The van der Waals surface area contributed by atoms with Crippen LogP contribution in [0.3, 0.4) is 0 Å². The topological polar surface area (TPSA) is 46.3 Å². The lowest BCUT2D eigenvalue weighted by Crippen LogP contribution is -2.30. The van der Waals surface area contributed by atoms with E-state index in [1.165, 1.54) is 17.7 Å². The Hall–Kier alpha value is -2.95. The molecule has 1 aromatic heterocycles. The van der Waals surface area contributed by atoms with Crippen LogP contribution in [0.4, 0.5) is 4.39 Å². The molecule has 0 spiro atoms. The van der Waals surface area contributed by atoms with Gasteiger partial charge in [-0.15, -0.1) is 0 Å². The van der Waals surface area contributed by atoms with Crippen molar-refractivity contribution in [3.63, 3.8) is 0 Å². The molecule has 0 saturated carbocycles. The van der Waals surface area contributed by atoms with Gasteiger partial charge in [-0.2, -0.15) is 0 Å². The Morgan fingerprint density at radius 3 is 2.59 bits per heavy atom. The molecule has 0 aliphatic heterocycles. The number of nitrogens with zero attached hydrogens (tertiary/aromatic N) is 2. The van der Waals surface area contributed by atoms with Crippen molar-refractivity contribution in [3.05, 3.63) is 77.6 Å². The van der Waals surface area contributed by atoms with Crippen molar-refractivity contribution < 1.29 is 13.6 Å². The van der Waals surface area contributed by atoms with E-state index >= 15 is 0 Å². The predicted octanol–water partition coefficient (Wildman–Crippen LogP) is 4.77. The number of carbonyl (C=O) groups excluding carboxylic acids is 1. The first-order valence-corrected chi connectivity index (χ1v) is 9.09. The summed E-state index contributed by atoms with van der Waals surface area (Å²) in [6, 6.07) is 14.1. The van der Waals surface area contributed by atoms with Gasteiger partial charge in [-0.25, -0.2) is 9.37 Å². The average molecular weight is 366 g/mol. The van der Waals surface area contributed by atoms with Gasteiger partial charge >= 0.3 is 0 Å². The minimum absolute atomic E-state index is 0.0716. The van der Waals surface area contributed by atoms with Gasteiger partial charge in [-0.3, -0.25) is 4.79 Å². The molecule has 1 heterocycles. The SMILES string of the molecule is CCN(Cc1ccccc1C)C(=O)CCc1ncc(-c2ccc(F)cc2)o1. The van der Waals surface area contributed by atoms with E-state index in [-0.39, 0.29) is 11.7 Å². The van der Waals surface area contributed by atoms with E-state index in [0.717, 1.165) is 11.1 Å². The fourth-order valence-electron chi connectivity index (χ4n) is 2.91. The monoisotopic (exact) mass is 366 g/mol. The van der Waals surface area contributed by atoms with Gasteiger partial charge in [0.2, 0.25) is 5.91 Å². The van der Waals surface area contributed by atoms with Crippen LogP contribution < -0.4 is 0 Å². The van der Waals surface area contributed by atoms with Gasteiger partial charge in [0.25, 0.3) is 0 Å². The molecule has 140 valence electrons. The number of aryl methyl sites for hydroxylation is 2. The number of carbonyl (C=O) groups is 1. The molecule has 0 aliphatic rings. The van der Waals surface area contributed by atoms with Crippen LogP contribution in [-0.2, 0) is 17.8 Å². The highest BCUT2D eigenvalue weighted by atomic mass is 19.1. The average Bonchev–Trinajstić information content (AvgIpc) is 3.15. The summed E-state index contributed by atoms with van der Waals surface area (Å²) in [4.78, 5) is 18.7. The first kappa shape index (κ1) is 18.8. The highest BCUT2D eigenvalue weighted by Crippen LogP contribution is 2.21. The molecule has 1 amide bonds. The van der Waals surface area contributed by atoms with Crippen molar-refractivity contribution in [2.24, 2.45) is 0 Å². The summed E-state index contributed by atoms with van der Waals surface area (Å²) >= 11 is 0. The van der Waals surface area contributed by atoms with Crippen LogP contribution in [0.2, 0.25) is 0 Å². The second-order valence-corrected chi connectivity index (χ2v) is 6.46. The summed E-state index contributed by atoms with van der Waals surface area (Å²) in [6.07, 6.45) is 2.38. The molecule has 5 heteroatoms. The van der Waals surface area contributed by atoms with E-state index in [1.807, 2.05) is 30.0 Å². The zero-order chi connectivity index (χ0) is 19.2. The summed E-state index contributed by atoms with van der Waals surface area (Å²) < 4.78 is 18.7.